The van der Waals surface area contributed by atoms with Crippen LogP contribution >= 0.6 is 0 Å². The number of ether oxygens (including phenoxy) is 1. The number of fused-ring (bicyclic) bond motifs is 1. The van der Waals surface area contributed by atoms with Gasteiger partial charge in [-0.1, -0.05) is 18.2 Å². The number of rotatable bonds is 4. The summed E-state index contributed by atoms with van der Waals surface area (Å²) in [5, 5.41) is 2.92. The van der Waals surface area contributed by atoms with Crippen LogP contribution in [0.25, 0.3) is 17.1 Å². The molecular formula is C22H18N4O5. The number of H-pyrrole nitrogens is 1. The number of imide groups is 1. The highest BCUT2D eigenvalue weighted by Crippen LogP contribution is 2.34. The van der Waals surface area contributed by atoms with Gasteiger partial charge in [0, 0.05) is 18.2 Å². The van der Waals surface area contributed by atoms with Crippen LogP contribution in [0, 0.1) is 6.92 Å². The van der Waals surface area contributed by atoms with Crippen molar-refractivity contribution in [2.24, 2.45) is 0 Å². The number of para-hydroxylation sites is 2. The van der Waals surface area contributed by atoms with Gasteiger partial charge in [0.15, 0.2) is 5.58 Å². The van der Waals surface area contributed by atoms with E-state index in [1.807, 2.05) is 6.07 Å². The summed E-state index contributed by atoms with van der Waals surface area (Å²) in [6.45, 7) is 1.68. The maximum atomic E-state index is 13.2. The number of oxazole rings is 1. The Bertz CT molecular complexity index is 1360. The van der Waals surface area contributed by atoms with Crippen LogP contribution in [0.1, 0.15) is 23.6 Å². The number of carbonyl (C=O) groups is 2. The Morgan fingerprint density at radius 3 is 2.71 bits per heavy atom. The molecule has 4 aromatic rings. The summed E-state index contributed by atoms with van der Waals surface area (Å²) < 4.78 is 12.0. The molecule has 0 saturated carbocycles. The highest BCUT2D eigenvalue weighted by Gasteiger charge is 2.43. The average Bonchev–Trinajstić information content (AvgIpc) is 3.41. The molecule has 9 heteroatoms. The number of aromatic nitrogens is 3. The predicted molar refractivity (Wildman–Crippen MR) is 112 cm³/mol. The molecule has 5 rings (SSSR count). The Hall–Kier alpha value is -4.14. The van der Waals surface area contributed by atoms with E-state index in [9.17, 15) is 14.4 Å². The molecule has 2 aromatic carbocycles. The summed E-state index contributed by atoms with van der Waals surface area (Å²) in [6.07, 6.45) is -0.0997. The third-order valence-electron chi connectivity index (χ3n) is 5.40. The van der Waals surface area contributed by atoms with Crippen molar-refractivity contribution < 1.29 is 18.7 Å². The minimum atomic E-state index is -0.895. The lowest BCUT2D eigenvalue weighted by Gasteiger charge is -2.15. The van der Waals surface area contributed by atoms with Gasteiger partial charge < -0.3 is 9.15 Å². The van der Waals surface area contributed by atoms with Crippen molar-refractivity contribution in [3.63, 3.8) is 0 Å². The Morgan fingerprint density at radius 2 is 1.94 bits per heavy atom. The largest absolute Gasteiger partial charge is 0.497 e. The van der Waals surface area contributed by atoms with Crippen molar-refractivity contribution in [2.75, 3.05) is 12.0 Å². The Kier molecular flexibility index (Phi) is 4.25. The maximum Gasteiger partial charge on any atom is 0.325 e. The summed E-state index contributed by atoms with van der Waals surface area (Å²) in [6, 6.07) is 13.9. The lowest BCUT2D eigenvalue weighted by Crippen LogP contribution is -2.31. The second kappa shape index (κ2) is 6.98. The zero-order valence-electron chi connectivity index (χ0n) is 16.8. The molecule has 1 atom stereocenters. The summed E-state index contributed by atoms with van der Waals surface area (Å²) in [7, 11) is 1.51. The van der Waals surface area contributed by atoms with E-state index in [0.29, 0.717) is 28.2 Å². The predicted octanol–water partition coefficient (Wildman–Crippen LogP) is 2.67. The van der Waals surface area contributed by atoms with Crippen molar-refractivity contribution in [1.29, 1.82) is 0 Å². The molecule has 31 heavy (non-hydrogen) atoms. The van der Waals surface area contributed by atoms with Crippen LogP contribution < -0.4 is 15.2 Å². The molecule has 156 valence electrons. The number of carbonyl (C=O) groups excluding carboxylic acids is 2. The Labute approximate surface area is 175 Å². The molecule has 1 aliphatic heterocycles. The van der Waals surface area contributed by atoms with Crippen LogP contribution in [-0.2, 0) is 9.59 Å². The number of anilines is 1. The van der Waals surface area contributed by atoms with E-state index in [4.69, 9.17) is 9.15 Å². The van der Waals surface area contributed by atoms with Crippen LogP contribution in [-0.4, -0.2) is 33.7 Å². The summed E-state index contributed by atoms with van der Waals surface area (Å²) >= 11 is 0. The van der Waals surface area contributed by atoms with E-state index in [1.54, 1.807) is 49.4 Å². The number of methoxy groups -OCH3 is 1. The third-order valence-corrected chi connectivity index (χ3v) is 5.40. The average molecular weight is 418 g/mol. The van der Waals surface area contributed by atoms with E-state index in [1.165, 1.54) is 7.11 Å². The van der Waals surface area contributed by atoms with E-state index in [-0.39, 0.29) is 23.9 Å². The van der Waals surface area contributed by atoms with Crippen LogP contribution in [0.2, 0.25) is 0 Å². The standard InChI is InChI=1S/C22H18N4O5/c1-12-19(21(29)26(24-12)22-23-16-8-3-4-9-17(16)31-22)15-11-18(27)25(20(15)28)13-6-5-7-14(10-13)30-2/h3-10,15,24H,11H2,1-2H3/t15-/m0/s1. The lowest BCUT2D eigenvalue weighted by molar-refractivity contribution is -0.121. The van der Waals surface area contributed by atoms with Gasteiger partial charge in [-0.25, -0.2) is 4.90 Å². The van der Waals surface area contributed by atoms with Crippen molar-refractivity contribution in [1.82, 2.24) is 14.8 Å². The monoisotopic (exact) mass is 418 g/mol. The molecule has 2 aromatic heterocycles. The van der Waals surface area contributed by atoms with Gasteiger partial charge in [0.1, 0.15) is 11.3 Å². The second-order valence-corrected chi connectivity index (χ2v) is 7.28. The maximum absolute atomic E-state index is 13.2. The summed E-state index contributed by atoms with van der Waals surface area (Å²) in [5.41, 5.74) is 1.79. The van der Waals surface area contributed by atoms with E-state index in [0.717, 1.165) is 9.58 Å². The molecule has 1 saturated heterocycles. The number of aromatic amines is 1. The normalized spacial score (nSPS) is 16.5. The van der Waals surface area contributed by atoms with E-state index in [2.05, 4.69) is 10.1 Å². The summed E-state index contributed by atoms with van der Waals surface area (Å²) in [4.78, 5) is 44.5. The minimum absolute atomic E-state index is 0.0713. The number of amides is 2. The van der Waals surface area contributed by atoms with Gasteiger partial charge in [-0.3, -0.25) is 19.5 Å². The van der Waals surface area contributed by atoms with Gasteiger partial charge in [-0.2, -0.15) is 9.67 Å². The SMILES string of the molecule is COc1cccc(N2C(=O)C[C@@H](c3c(C)[nH]n(-c4nc5ccccc5o4)c3=O)C2=O)c1. The number of benzene rings is 2. The number of hydrogen-bond donors (Lipinski definition) is 1. The minimum Gasteiger partial charge on any atom is -0.497 e. The molecule has 0 bridgehead atoms. The van der Waals surface area contributed by atoms with Gasteiger partial charge in [0.05, 0.1) is 24.3 Å². The molecule has 1 N–H and O–H groups in total. The molecular weight excluding hydrogens is 400 g/mol. The van der Waals surface area contributed by atoms with Gasteiger partial charge in [0.25, 0.3) is 5.56 Å². The third kappa shape index (κ3) is 2.93. The van der Waals surface area contributed by atoms with Crippen LogP contribution in [0.4, 0.5) is 5.69 Å². The smallest absolute Gasteiger partial charge is 0.325 e. The van der Waals surface area contributed by atoms with Crippen molar-refractivity contribution in [3.8, 4) is 11.8 Å². The Morgan fingerprint density at radius 1 is 1.13 bits per heavy atom. The van der Waals surface area contributed by atoms with Gasteiger partial charge in [0.2, 0.25) is 11.8 Å². The molecule has 0 radical (unpaired) electrons. The van der Waals surface area contributed by atoms with Crippen LogP contribution in [0.3, 0.4) is 0 Å². The van der Waals surface area contributed by atoms with Crippen molar-refractivity contribution in [2.45, 2.75) is 19.3 Å². The number of hydrogen-bond acceptors (Lipinski definition) is 6. The quantitative estimate of drug-likeness (QED) is 0.510. The number of nitrogens with one attached hydrogen (secondary N) is 1. The molecule has 1 aliphatic rings. The van der Waals surface area contributed by atoms with E-state index >= 15 is 0 Å². The highest BCUT2D eigenvalue weighted by atomic mass is 16.5. The first-order valence-corrected chi connectivity index (χ1v) is 9.66. The van der Waals surface area contributed by atoms with Gasteiger partial charge >= 0.3 is 6.01 Å². The number of aryl methyl sites for hydroxylation is 1. The molecule has 9 nitrogen and oxygen atoms in total. The highest BCUT2D eigenvalue weighted by molar-refractivity contribution is 6.22. The van der Waals surface area contributed by atoms with E-state index < -0.39 is 17.4 Å². The zero-order valence-corrected chi connectivity index (χ0v) is 16.8. The first-order valence-electron chi connectivity index (χ1n) is 9.66. The molecule has 0 aliphatic carbocycles. The van der Waals surface area contributed by atoms with Gasteiger partial charge in [-0.05, 0) is 31.2 Å². The summed E-state index contributed by atoms with van der Waals surface area (Å²) in [5.74, 6) is -1.20. The van der Waals surface area contributed by atoms with Crippen molar-refractivity contribution in [3.05, 3.63) is 70.1 Å². The zero-order chi connectivity index (χ0) is 21.7. The topological polar surface area (TPSA) is 110 Å². The van der Waals surface area contributed by atoms with Crippen LogP contribution in [0.5, 0.6) is 5.75 Å². The van der Waals surface area contributed by atoms with Gasteiger partial charge in [-0.15, -0.1) is 0 Å². The Balaban J connectivity index is 1.54. The lowest BCUT2D eigenvalue weighted by atomic mass is 9.98. The number of nitrogens with zero attached hydrogens (tertiary/aromatic N) is 3. The first-order chi connectivity index (χ1) is 15.0. The van der Waals surface area contributed by atoms with Crippen molar-refractivity contribution >= 4 is 28.6 Å². The fourth-order valence-electron chi connectivity index (χ4n) is 3.94. The molecule has 2 amide bonds. The first kappa shape index (κ1) is 18.9. The molecule has 1 fully saturated rings. The molecule has 3 heterocycles. The van der Waals surface area contributed by atoms with Crippen LogP contribution in [0.15, 0.2) is 57.7 Å². The fourth-order valence-corrected chi connectivity index (χ4v) is 3.94. The molecule has 0 spiro atoms. The molecule has 0 unspecified atom stereocenters. The second-order valence-electron chi connectivity index (χ2n) is 7.28. The fraction of sp³-hybridized carbons (Fsp3) is 0.182.